The van der Waals surface area contributed by atoms with Crippen LogP contribution in [0, 0.1) is 5.92 Å². The molecule has 0 radical (unpaired) electrons. The summed E-state index contributed by atoms with van der Waals surface area (Å²) in [7, 11) is 2.15. The highest BCUT2D eigenvalue weighted by Gasteiger charge is 2.09. The van der Waals surface area contributed by atoms with Crippen LogP contribution < -0.4 is 10.5 Å². The van der Waals surface area contributed by atoms with Crippen molar-refractivity contribution < 1.29 is 4.74 Å². The van der Waals surface area contributed by atoms with Crippen molar-refractivity contribution in [1.82, 2.24) is 4.90 Å². The molecular formula is C17H30N2O. The molecule has 0 spiro atoms. The SMILES string of the molecule is CCCOc1cccc(CN(C)CCC(N)C(C)C)c1. The van der Waals surface area contributed by atoms with E-state index in [9.17, 15) is 0 Å². The van der Waals surface area contributed by atoms with Gasteiger partial charge in [-0.05, 0) is 50.0 Å². The van der Waals surface area contributed by atoms with E-state index < -0.39 is 0 Å². The summed E-state index contributed by atoms with van der Waals surface area (Å²) in [5.41, 5.74) is 7.38. The van der Waals surface area contributed by atoms with E-state index in [4.69, 9.17) is 10.5 Å². The van der Waals surface area contributed by atoms with E-state index >= 15 is 0 Å². The molecule has 0 bridgehead atoms. The minimum absolute atomic E-state index is 0.289. The van der Waals surface area contributed by atoms with Crippen LogP contribution in [0.25, 0.3) is 0 Å². The van der Waals surface area contributed by atoms with Crippen LogP contribution in [0.1, 0.15) is 39.2 Å². The first-order valence-corrected chi connectivity index (χ1v) is 7.68. The van der Waals surface area contributed by atoms with Gasteiger partial charge >= 0.3 is 0 Å². The average Bonchev–Trinajstić information content (AvgIpc) is 2.42. The van der Waals surface area contributed by atoms with Gasteiger partial charge in [-0.2, -0.15) is 0 Å². The van der Waals surface area contributed by atoms with Crippen LogP contribution in [0.2, 0.25) is 0 Å². The van der Waals surface area contributed by atoms with Crippen molar-refractivity contribution in [2.45, 2.75) is 46.2 Å². The average molecular weight is 278 g/mol. The third-order valence-electron chi connectivity index (χ3n) is 3.52. The fourth-order valence-corrected chi connectivity index (χ4v) is 2.05. The molecule has 1 atom stereocenters. The van der Waals surface area contributed by atoms with E-state index in [0.717, 1.165) is 38.3 Å². The second-order valence-electron chi connectivity index (χ2n) is 5.93. The second-order valence-corrected chi connectivity index (χ2v) is 5.93. The van der Waals surface area contributed by atoms with Gasteiger partial charge in [0, 0.05) is 12.6 Å². The summed E-state index contributed by atoms with van der Waals surface area (Å²) in [5, 5.41) is 0. The summed E-state index contributed by atoms with van der Waals surface area (Å²) in [6.07, 6.45) is 2.08. The minimum Gasteiger partial charge on any atom is -0.494 e. The van der Waals surface area contributed by atoms with Gasteiger partial charge in [0.25, 0.3) is 0 Å². The van der Waals surface area contributed by atoms with Crippen LogP contribution in [0.3, 0.4) is 0 Å². The molecule has 0 aliphatic carbocycles. The summed E-state index contributed by atoms with van der Waals surface area (Å²) >= 11 is 0. The largest absolute Gasteiger partial charge is 0.494 e. The number of ether oxygens (including phenoxy) is 1. The number of hydrogen-bond donors (Lipinski definition) is 1. The van der Waals surface area contributed by atoms with Gasteiger partial charge in [-0.1, -0.05) is 32.9 Å². The number of rotatable bonds is 9. The van der Waals surface area contributed by atoms with Crippen molar-refractivity contribution in [2.24, 2.45) is 11.7 Å². The lowest BCUT2D eigenvalue weighted by atomic mass is 10.0. The highest BCUT2D eigenvalue weighted by atomic mass is 16.5. The van der Waals surface area contributed by atoms with Gasteiger partial charge < -0.3 is 15.4 Å². The van der Waals surface area contributed by atoms with Crippen LogP contribution in [0.4, 0.5) is 0 Å². The Morgan fingerprint density at radius 3 is 2.70 bits per heavy atom. The Morgan fingerprint density at radius 2 is 2.05 bits per heavy atom. The van der Waals surface area contributed by atoms with E-state index in [0.29, 0.717) is 5.92 Å². The maximum atomic E-state index is 6.09. The third-order valence-corrected chi connectivity index (χ3v) is 3.52. The molecule has 1 rings (SSSR count). The molecule has 1 aromatic carbocycles. The molecule has 0 aliphatic heterocycles. The summed E-state index contributed by atoms with van der Waals surface area (Å²) in [5.74, 6) is 1.52. The lowest BCUT2D eigenvalue weighted by molar-refractivity contribution is 0.294. The van der Waals surface area contributed by atoms with E-state index in [2.05, 4.69) is 50.9 Å². The molecule has 20 heavy (non-hydrogen) atoms. The number of nitrogens with zero attached hydrogens (tertiary/aromatic N) is 1. The highest BCUT2D eigenvalue weighted by molar-refractivity contribution is 5.28. The van der Waals surface area contributed by atoms with Gasteiger partial charge in [0.05, 0.1) is 6.61 Å². The van der Waals surface area contributed by atoms with Gasteiger partial charge in [-0.3, -0.25) is 0 Å². The Bertz CT molecular complexity index is 379. The smallest absolute Gasteiger partial charge is 0.119 e. The van der Waals surface area contributed by atoms with Crippen molar-refractivity contribution in [2.75, 3.05) is 20.2 Å². The maximum absolute atomic E-state index is 6.09. The first-order valence-electron chi connectivity index (χ1n) is 7.68. The Kier molecular flexibility index (Phi) is 7.63. The molecule has 0 heterocycles. The molecule has 0 fully saturated rings. The van der Waals surface area contributed by atoms with Gasteiger partial charge in [0.1, 0.15) is 5.75 Å². The Hall–Kier alpha value is -1.06. The van der Waals surface area contributed by atoms with Crippen LogP contribution >= 0.6 is 0 Å². The second kappa shape index (κ2) is 8.98. The van der Waals surface area contributed by atoms with Crippen molar-refractivity contribution in [3.63, 3.8) is 0 Å². The molecule has 0 amide bonds. The number of hydrogen-bond acceptors (Lipinski definition) is 3. The van der Waals surface area contributed by atoms with E-state index in [1.807, 2.05) is 6.07 Å². The van der Waals surface area contributed by atoms with Crippen LogP contribution in [0.15, 0.2) is 24.3 Å². The molecule has 0 aromatic heterocycles. The summed E-state index contributed by atoms with van der Waals surface area (Å²) in [6, 6.07) is 8.66. The molecule has 114 valence electrons. The van der Waals surface area contributed by atoms with E-state index in [1.165, 1.54) is 5.56 Å². The first kappa shape index (κ1) is 17.0. The van der Waals surface area contributed by atoms with E-state index in [-0.39, 0.29) is 6.04 Å². The third kappa shape index (κ3) is 6.40. The number of nitrogens with two attached hydrogens (primary N) is 1. The molecule has 3 heteroatoms. The van der Waals surface area contributed by atoms with Crippen LogP contribution in [-0.4, -0.2) is 31.1 Å². The highest BCUT2D eigenvalue weighted by Crippen LogP contribution is 2.15. The zero-order chi connectivity index (χ0) is 15.0. The normalized spacial score (nSPS) is 12.9. The predicted octanol–water partition coefficient (Wildman–Crippen LogP) is 3.28. The Morgan fingerprint density at radius 1 is 1.30 bits per heavy atom. The minimum atomic E-state index is 0.289. The quantitative estimate of drug-likeness (QED) is 0.753. The standard InChI is InChI=1S/C17H30N2O/c1-5-11-20-16-8-6-7-15(12-16)13-19(4)10-9-17(18)14(2)3/h6-8,12,14,17H,5,9-11,13,18H2,1-4H3. The fourth-order valence-electron chi connectivity index (χ4n) is 2.05. The summed E-state index contributed by atoms with van der Waals surface area (Å²) < 4.78 is 5.67. The lowest BCUT2D eigenvalue weighted by Crippen LogP contribution is -2.31. The molecule has 0 saturated heterocycles. The first-order chi connectivity index (χ1) is 9.52. The van der Waals surface area contributed by atoms with Gasteiger partial charge in [-0.25, -0.2) is 0 Å². The zero-order valence-electron chi connectivity index (χ0n) is 13.4. The molecule has 1 unspecified atom stereocenters. The summed E-state index contributed by atoms with van der Waals surface area (Å²) in [6.45, 7) is 9.23. The van der Waals surface area contributed by atoms with Crippen molar-refractivity contribution in [3.8, 4) is 5.75 Å². The van der Waals surface area contributed by atoms with Crippen LogP contribution in [-0.2, 0) is 6.54 Å². The van der Waals surface area contributed by atoms with E-state index in [1.54, 1.807) is 0 Å². The van der Waals surface area contributed by atoms with Crippen molar-refractivity contribution in [3.05, 3.63) is 29.8 Å². The maximum Gasteiger partial charge on any atom is 0.119 e. The topological polar surface area (TPSA) is 38.5 Å². The van der Waals surface area contributed by atoms with Gasteiger partial charge in [0.15, 0.2) is 0 Å². The number of benzene rings is 1. The van der Waals surface area contributed by atoms with Crippen molar-refractivity contribution in [1.29, 1.82) is 0 Å². The van der Waals surface area contributed by atoms with Crippen LogP contribution in [0.5, 0.6) is 5.75 Å². The van der Waals surface area contributed by atoms with Gasteiger partial charge in [-0.15, -0.1) is 0 Å². The molecule has 0 saturated carbocycles. The lowest BCUT2D eigenvalue weighted by Gasteiger charge is -2.21. The van der Waals surface area contributed by atoms with Gasteiger partial charge in [0.2, 0.25) is 0 Å². The summed E-state index contributed by atoms with van der Waals surface area (Å²) in [4.78, 5) is 2.32. The monoisotopic (exact) mass is 278 g/mol. The molecule has 2 N–H and O–H groups in total. The Balaban J connectivity index is 2.43. The molecule has 3 nitrogen and oxygen atoms in total. The molecule has 0 aliphatic rings. The fraction of sp³-hybridized carbons (Fsp3) is 0.647. The van der Waals surface area contributed by atoms with Crippen molar-refractivity contribution >= 4 is 0 Å². The molecular weight excluding hydrogens is 248 g/mol. The Labute approximate surface area is 124 Å². The predicted molar refractivity (Wildman–Crippen MR) is 86.0 cm³/mol. The zero-order valence-corrected chi connectivity index (χ0v) is 13.4. The molecule has 1 aromatic rings.